The fourth-order valence-electron chi connectivity index (χ4n) is 2.28. The molecule has 3 rings (SSSR count). The molecule has 6 nitrogen and oxygen atoms in total. The van der Waals surface area contributed by atoms with E-state index >= 15 is 0 Å². The second-order valence-corrected chi connectivity index (χ2v) is 7.14. The first kappa shape index (κ1) is 18.9. The molecular formula is C16H13BrCl2FN5O. The van der Waals surface area contributed by atoms with Crippen molar-refractivity contribution in [2.45, 2.75) is 19.5 Å². The number of rotatable bonds is 6. The van der Waals surface area contributed by atoms with Crippen molar-refractivity contribution >= 4 is 50.9 Å². The fraction of sp³-hybridized carbons (Fsp3) is 0.188. The SMILES string of the molecule is O=C(CCn1cc(Cl)cn1)Nc1nn(Cc2c(F)cccc2Cl)cc1Br. The van der Waals surface area contributed by atoms with Crippen LogP contribution in [0.4, 0.5) is 10.2 Å². The average Bonchev–Trinajstić information content (AvgIpc) is 3.15. The monoisotopic (exact) mass is 459 g/mol. The van der Waals surface area contributed by atoms with Gasteiger partial charge in [-0.1, -0.05) is 29.3 Å². The van der Waals surface area contributed by atoms with E-state index in [1.165, 1.54) is 16.9 Å². The Hall–Kier alpha value is -1.90. The van der Waals surface area contributed by atoms with Gasteiger partial charge in [0.25, 0.3) is 0 Å². The van der Waals surface area contributed by atoms with Crippen molar-refractivity contribution < 1.29 is 9.18 Å². The summed E-state index contributed by atoms with van der Waals surface area (Å²) >= 11 is 15.1. The third-order valence-electron chi connectivity index (χ3n) is 3.53. The van der Waals surface area contributed by atoms with Crippen molar-refractivity contribution in [2.24, 2.45) is 0 Å². The molecule has 10 heteroatoms. The van der Waals surface area contributed by atoms with Crippen LogP contribution in [0.25, 0.3) is 0 Å². The van der Waals surface area contributed by atoms with Crippen molar-refractivity contribution in [3.63, 3.8) is 0 Å². The molecule has 1 amide bonds. The molecule has 0 atom stereocenters. The van der Waals surface area contributed by atoms with Gasteiger partial charge in [0.05, 0.1) is 22.2 Å². The summed E-state index contributed by atoms with van der Waals surface area (Å²) in [4.78, 5) is 12.1. The summed E-state index contributed by atoms with van der Waals surface area (Å²) in [5.74, 6) is -0.292. The number of nitrogens with zero attached hydrogens (tertiary/aromatic N) is 4. The van der Waals surface area contributed by atoms with Gasteiger partial charge in [-0.05, 0) is 28.1 Å². The molecule has 26 heavy (non-hydrogen) atoms. The van der Waals surface area contributed by atoms with Crippen LogP contribution in [0, 0.1) is 5.82 Å². The number of aryl methyl sites for hydroxylation is 1. The van der Waals surface area contributed by atoms with Crippen LogP contribution in [-0.4, -0.2) is 25.5 Å². The summed E-state index contributed by atoms with van der Waals surface area (Å²) in [5.41, 5.74) is 0.331. The topological polar surface area (TPSA) is 64.7 Å². The minimum absolute atomic E-state index is 0.145. The Balaban J connectivity index is 1.63. The lowest BCUT2D eigenvalue weighted by molar-refractivity contribution is -0.116. The molecule has 0 spiro atoms. The Morgan fingerprint density at radius 1 is 1.27 bits per heavy atom. The molecule has 0 aliphatic rings. The quantitative estimate of drug-likeness (QED) is 0.594. The minimum Gasteiger partial charge on any atom is -0.308 e. The highest BCUT2D eigenvalue weighted by Gasteiger charge is 2.13. The summed E-state index contributed by atoms with van der Waals surface area (Å²) in [5, 5.41) is 11.8. The molecule has 0 unspecified atom stereocenters. The van der Waals surface area contributed by atoms with Crippen LogP contribution < -0.4 is 5.32 Å². The van der Waals surface area contributed by atoms with E-state index < -0.39 is 5.82 Å². The molecule has 2 heterocycles. The number of hydrogen-bond donors (Lipinski definition) is 1. The molecule has 1 N–H and O–H groups in total. The predicted molar refractivity (Wildman–Crippen MR) is 101 cm³/mol. The van der Waals surface area contributed by atoms with Crippen LogP contribution in [-0.2, 0) is 17.9 Å². The van der Waals surface area contributed by atoms with Crippen molar-refractivity contribution in [3.8, 4) is 0 Å². The standard InChI is InChI=1S/C16H13BrCl2FN5O/c17-12-9-25(8-11-13(19)2-1-3-14(11)20)23-16(12)22-15(26)4-5-24-7-10(18)6-21-24/h1-3,6-7,9H,4-5,8H2,(H,22,23,26). The van der Waals surface area contributed by atoms with Crippen molar-refractivity contribution in [3.05, 3.63) is 62.7 Å². The van der Waals surface area contributed by atoms with Gasteiger partial charge in [0.2, 0.25) is 5.91 Å². The smallest absolute Gasteiger partial charge is 0.227 e. The summed E-state index contributed by atoms with van der Waals surface area (Å²) in [7, 11) is 0. The minimum atomic E-state index is -0.410. The molecule has 0 fully saturated rings. The van der Waals surface area contributed by atoms with Crippen molar-refractivity contribution in [2.75, 3.05) is 5.32 Å². The maximum absolute atomic E-state index is 13.9. The number of carbonyl (C=O) groups is 1. The zero-order chi connectivity index (χ0) is 18.7. The highest BCUT2D eigenvalue weighted by atomic mass is 79.9. The molecule has 0 saturated heterocycles. The lowest BCUT2D eigenvalue weighted by atomic mass is 10.2. The molecule has 0 saturated carbocycles. The second-order valence-electron chi connectivity index (χ2n) is 5.44. The molecule has 0 aliphatic heterocycles. The van der Waals surface area contributed by atoms with E-state index in [0.29, 0.717) is 32.4 Å². The number of carbonyl (C=O) groups excluding carboxylic acids is 1. The van der Waals surface area contributed by atoms with Gasteiger partial charge in [0.15, 0.2) is 5.82 Å². The van der Waals surface area contributed by atoms with E-state index in [1.807, 2.05) is 0 Å². The van der Waals surface area contributed by atoms with Crippen LogP contribution in [0.15, 0.2) is 41.3 Å². The van der Waals surface area contributed by atoms with Crippen molar-refractivity contribution in [1.29, 1.82) is 0 Å². The van der Waals surface area contributed by atoms with E-state index in [1.54, 1.807) is 29.2 Å². The van der Waals surface area contributed by atoms with Gasteiger partial charge in [-0.2, -0.15) is 10.2 Å². The predicted octanol–water partition coefficient (Wildman–Crippen LogP) is 4.37. The lowest BCUT2D eigenvalue weighted by Gasteiger charge is -2.06. The first-order valence-electron chi connectivity index (χ1n) is 7.56. The van der Waals surface area contributed by atoms with E-state index in [0.717, 1.165) is 0 Å². The second kappa shape index (κ2) is 8.20. The summed E-state index contributed by atoms with van der Waals surface area (Å²) in [6, 6.07) is 4.49. The highest BCUT2D eigenvalue weighted by molar-refractivity contribution is 9.10. The fourth-order valence-corrected chi connectivity index (χ4v) is 3.07. The Morgan fingerprint density at radius 2 is 2.08 bits per heavy atom. The molecule has 0 radical (unpaired) electrons. The molecule has 0 bridgehead atoms. The maximum atomic E-state index is 13.9. The molecule has 3 aromatic rings. The third kappa shape index (κ3) is 4.63. The van der Waals surface area contributed by atoms with E-state index in [2.05, 4.69) is 31.4 Å². The van der Waals surface area contributed by atoms with Gasteiger partial charge in [-0.15, -0.1) is 0 Å². The molecule has 2 aromatic heterocycles. The number of hydrogen-bond acceptors (Lipinski definition) is 3. The van der Waals surface area contributed by atoms with E-state index in [-0.39, 0.29) is 18.9 Å². The largest absolute Gasteiger partial charge is 0.308 e. The first-order valence-corrected chi connectivity index (χ1v) is 9.11. The number of aromatic nitrogens is 4. The highest BCUT2D eigenvalue weighted by Crippen LogP contribution is 2.24. The van der Waals surface area contributed by atoms with Gasteiger partial charge < -0.3 is 5.32 Å². The summed E-state index contributed by atoms with van der Waals surface area (Å²) in [6.45, 7) is 0.535. The summed E-state index contributed by atoms with van der Waals surface area (Å²) in [6.07, 6.45) is 4.99. The number of benzene rings is 1. The van der Waals surface area contributed by atoms with Crippen LogP contribution >= 0.6 is 39.1 Å². The molecular weight excluding hydrogens is 448 g/mol. The van der Waals surface area contributed by atoms with Crippen LogP contribution in [0.2, 0.25) is 10.0 Å². The Bertz CT molecular complexity index is 922. The zero-order valence-corrected chi connectivity index (χ0v) is 16.4. The van der Waals surface area contributed by atoms with Crippen LogP contribution in [0.1, 0.15) is 12.0 Å². The third-order valence-corrected chi connectivity index (χ3v) is 4.66. The first-order chi connectivity index (χ1) is 12.4. The number of anilines is 1. The van der Waals surface area contributed by atoms with Gasteiger partial charge in [0, 0.05) is 35.9 Å². The van der Waals surface area contributed by atoms with Gasteiger partial charge in [0.1, 0.15) is 5.82 Å². The number of amides is 1. The van der Waals surface area contributed by atoms with E-state index in [4.69, 9.17) is 23.2 Å². The van der Waals surface area contributed by atoms with Crippen molar-refractivity contribution in [1.82, 2.24) is 19.6 Å². The number of nitrogens with one attached hydrogen (secondary N) is 1. The van der Waals surface area contributed by atoms with Gasteiger partial charge in [-0.3, -0.25) is 14.2 Å². The Kier molecular flexibility index (Phi) is 5.95. The average molecular weight is 461 g/mol. The normalized spacial score (nSPS) is 10.9. The van der Waals surface area contributed by atoms with Gasteiger partial charge >= 0.3 is 0 Å². The molecule has 136 valence electrons. The lowest BCUT2D eigenvalue weighted by Crippen LogP contribution is -2.15. The number of halogens is 4. The van der Waals surface area contributed by atoms with E-state index in [9.17, 15) is 9.18 Å². The maximum Gasteiger partial charge on any atom is 0.227 e. The molecule has 1 aromatic carbocycles. The van der Waals surface area contributed by atoms with Crippen LogP contribution in [0.3, 0.4) is 0 Å². The Labute approximate surface area is 167 Å². The van der Waals surface area contributed by atoms with Crippen LogP contribution in [0.5, 0.6) is 0 Å². The zero-order valence-electron chi connectivity index (χ0n) is 13.3. The Morgan fingerprint density at radius 3 is 2.77 bits per heavy atom. The molecule has 0 aliphatic carbocycles. The summed E-state index contributed by atoms with van der Waals surface area (Å²) < 4.78 is 17.6. The van der Waals surface area contributed by atoms with Gasteiger partial charge in [-0.25, -0.2) is 4.39 Å².